The summed E-state index contributed by atoms with van der Waals surface area (Å²) in [5.41, 5.74) is 0. The molecule has 2 heterocycles. The molecule has 2 aliphatic heterocycles. The Labute approximate surface area is 75.3 Å². The zero-order valence-electron chi connectivity index (χ0n) is 8.38. The van der Waals surface area contributed by atoms with Crippen LogP contribution >= 0.6 is 0 Å². The van der Waals surface area contributed by atoms with Gasteiger partial charge in [0.1, 0.15) is 6.79 Å². The van der Waals surface area contributed by atoms with Crippen molar-refractivity contribution >= 4 is 6.79 Å². The number of hydrogen-bond donors (Lipinski definition) is 0. The molecule has 0 amide bonds. The lowest BCUT2D eigenvalue weighted by molar-refractivity contribution is -0.170. The van der Waals surface area contributed by atoms with Gasteiger partial charge in [0.05, 0.1) is 12.2 Å². The predicted octanol–water partition coefficient (Wildman–Crippen LogP) is 2.42. The Balaban J connectivity index is 0.000000269. The molecule has 72 valence electrons. The SMILES string of the molecule is C=O.CC.CC1CC2CC(C1)O2. The van der Waals surface area contributed by atoms with E-state index in [1.807, 2.05) is 20.6 Å². The second-order valence-electron chi connectivity index (χ2n) is 3.19. The van der Waals surface area contributed by atoms with E-state index in [1.165, 1.54) is 19.3 Å². The average Bonchev–Trinajstić information content (AvgIpc) is 2.10. The summed E-state index contributed by atoms with van der Waals surface area (Å²) in [6.45, 7) is 8.32. The summed E-state index contributed by atoms with van der Waals surface area (Å²) in [7, 11) is 0. The normalized spacial score (nSPS) is 36.1. The monoisotopic (exact) mass is 172 g/mol. The summed E-state index contributed by atoms with van der Waals surface area (Å²) >= 11 is 0. The van der Waals surface area contributed by atoms with Crippen molar-refractivity contribution in [3.63, 3.8) is 0 Å². The first kappa shape index (κ1) is 11.6. The molecule has 2 bridgehead atoms. The smallest absolute Gasteiger partial charge is 0.106 e. The average molecular weight is 172 g/mol. The van der Waals surface area contributed by atoms with E-state index >= 15 is 0 Å². The number of ether oxygens (including phenoxy) is 1. The number of carbonyl (C=O) groups excluding carboxylic acids is 1. The summed E-state index contributed by atoms with van der Waals surface area (Å²) in [5, 5.41) is 0. The fourth-order valence-electron chi connectivity index (χ4n) is 1.85. The Morgan fingerprint density at radius 2 is 1.42 bits per heavy atom. The van der Waals surface area contributed by atoms with Crippen LogP contribution in [0.3, 0.4) is 0 Å². The molecule has 0 N–H and O–H groups in total. The molecular formula is C10H20O2. The van der Waals surface area contributed by atoms with Gasteiger partial charge >= 0.3 is 0 Å². The Morgan fingerprint density at radius 3 is 1.58 bits per heavy atom. The topological polar surface area (TPSA) is 26.3 Å². The number of fused-ring (bicyclic) bond motifs is 2. The van der Waals surface area contributed by atoms with E-state index in [4.69, 9.17) is 9.53 Å². The van der Waals surface area contributed by atoms with Gasteiger partial charge in [0.15, 0.2) is 0 Å². The molecule has 0 aromatic carbocycles. The van der Waals surface area contributed by atoms with Crippen LogP contribution in [-0.4, -0.2) is 19.0 Å². The van der Waals surface area contributed by atoms with Gasteiger partial charge < -0.3 is 9.53 Å². The summed E-state index contributed by atoms with van der Waals surface area (Å²) in [4.78, 5) is 8.00. The molecule has 3 rings (SSSR count). The molecule has 0 aromatic heterocycles. The Hall–Kier alpha value is -0.370. The van der Waals surface area contributed by atoms with Crippen molar-refractivity contribution in [2.24, 2.45) is 5.92 Å². The Bertz CT molecular complexity index is 98.4. The van der Waals surface area contributed by atoms with Gasteiger partial charge in [0.25, 0.3) is 0 Å². The van der Waals surface area contributed by atoms with E-state index in [2.05, 4.69) is 6.92 Å². The zero-order chi connectivity index (χ0) is 9.56. The summed E-state index contributed by atoms with van der Waals surface area (Å²) in [6.07, 6.45) is 5.30. The van der Waals surface area contributed by atoms with Crippen molar-refractivity contribution in [1.82, 2.24) is 0 Å². The molecule has 3 fully saturated rings. The maximum absolute atomic E-state index is 8.00. The maximum atomic E-state index is 8.00. The van der Waals surface area contributed by atoms with Crippen LogP contribution in [0.25, 0.3) is 0 Å². The van der Waals surface area contributed by atoms with Gasteiger partial charge in [-0.2, -0.15) is 0 Å². The van der Waals surface area contributed by atoms with Gasteiger partial charge in [-0.05, 0) is 25.2 Å². The molecule has 2 heteroatoms. The molecule has 2 saturated heterocycles. The lowest BCUT2D eigenvalue weighted by atomic mass is 9.82. The summed E-state index contributed by atoms with van der Waals surface area (Å²) < 4.78 is 5.45. The van der Waals surface area contributed by atoms with Crippen LogP contribution in [0.1, 0.15) is 40.0 Å². The molecule has 0 spiro atoms. The van der Waals surface area contributed by atoms with Crippen molar-refractivity contribution in [3.8, 4) is 0 Å². The van der Waals surface area contributed by atoms with Crippen molar-refractivity contribution in [2.45, 2.75) is 52.2 Å². The van der Waals surface area contributed by atoms with Crippen LogP contribution in [0.2, 0.25) is 0 Å². The van der Waals surface area contributed by atoms with Crippen LogP contribution in [0.15, 0.2) is 0 Å². The van der Waals surface area contributed by atoms with E-state index in [0.717, 1.165) is 5.92 Å². The van der Waals surface area contributed by atoms with E-state index in [0.29, 0.717) is 12.2 Å². The van der Waals surface area contributed by atoms with Crippen molar-refractivity contribution in [3.05, 3.63) is 0 Å². The third-order valence-corrected chi connectivity index (χ3v) is 2.24. The number of hydrogen-bond acceptors (Lipinski definition) is 2. The number of carbonyl (C=O) groups is 1. The highest BCUT2D eigenvalue weighted by Crippen LogP contribution is 2.37. The Kier molecular flexibility index (Phi) is 5.99. The van der Waals surface area contributed by atoms with E-state index in [-0.39, 0.29) is 0 Å². The molecule has 1 aliphatic carbocycles. The van der Waals surface area contributed by atoms with Gasteiger partial charge in [-0.1, -0.05) is 20.8 Å². The minimum absolute atomic E-state index is 0.656. The van der Waals surface area contributed by atoms with Crippen molar-refractivity contribution in [1.29, 1.82) is 0 Å². The fraction of sp³-hybridized carbons (Fsp3) is 0.900. The summed E-state index contributed by atoms with van der Waals surface area (Å²) in [6, 6.07) is 0. The lowest BCUT2D eigenvalue weighted by Gasteiger charge is -2.44. The highest BCUT2D eigenvalue weighted by molar-refractivity contribution is 5.10. The third kappa shape index (κ3) is 2.94. The van der Waals surface area contributed by atoms with Crippen LogP contribution in [0, 0.1) is 5.92 Å². The predicted molar refractivity (Wildman–Crippen MR) is 50.1 cm³/mol. The first-order chi connectivity index (χ1) is 5.84. The van der Waals surface area contributed by atoms with Crippen LogP contribution in [-0.2, 0) is 9.53 Å². The van der Waals surface area contributed by atoms with Crippen LogP contribution in [0.4, 0.5) is 0 Å². The van der Waals surface area contributed by atoms with Crippen LogP contribution in [0.5, 0.6) is 0 Å². The molecular weight excluding hydrogens is 152 g/mol. The van der Waals surface area contributed by atoms with Gasteiger partial charge in [0.2, 0.25) is 0 Å². The van der Waals surface area contributed by atoms with Crippen molar-refractivity contribution in [2.75, 3.05) is 0 Å². The number of rotatable bonds is 0. The van der Waals surface area contributed by atoms with E-state index < -0.39 is 0 Å². The quantitative estimate of drug-likeness (QED) is 0.561. The van der Waals surface area contributed by atoms with E-state index in [9.17, 15) is 0 Å². The largest absolute Gasteiger partial charge is 0.375 e. The summed E-state index contributed by atoms with van der Waals surface area (Å²) in [5.74, 6) is 0.937. The molecule has 0 aromatic rings. The molecule has 2 nitrogen and oxygen atoms in total. The highest BCUT2D eigenvalue weighted by Gasteiger charge is 2.37. The highest BCUT2D eigenvalue weighted by atomic mass is 16.5. The lowest BCUT2D eigenvalue weighted by Crippen LogP contribution is -2.44. The first-order valence-electron chi connectivity index (χ1n) is 4.79. The Morgan fingerprint density at radius 1 is 1.08 bits per heavy atom. The van der Waals surface area contributed by atoms with Crippen LogP contribution < -0.4 is 0 Å². The first-order valence-corrected chi connectivity index (χ1v) is 4.79. The molecule has 2 atom stereocenters. The third-order valence-electron chi connectivity index (χ3n) is 2.24. The van der Waals surface area contributed by atoms with Gasteiger partial charge in [0, 0.05) is 0 Å². The second kappa shape index (κ2) is 6.18. The molecule has 12 heavy (non-hydrogen) atoms. The molecule has 0 radical (unpaired) electrons. The van der Waals surface area contributed by atoms with E-state index in [1.54, 1.807) is 0 Å². The minimum Gasteiger partial charge on any atom is -0.375 e. The van der Waals surface area contributed by atoms with Gasteiger partial charge in [-0.3, -0.25) is 0 Å². The standard InChI is InChI=1S/C7H12O.C2H6.CH2O/c1-5-2-6-4-7(3-5)8-6;2*1-2/h5-7H,2-4H2,1H3;1-2H3;1H2. The molecule has 1 saturated carbocycles. The second-order valence-corrected chi connectivity index (χ2v) is 3.19. The zero-order valence-corrected chi connectivity index (χ0v) is 8.38. The molecule has 3 aliphatic rings. The maximum Gasteiger partial charge on any atom is 0.106 e. The minimum atomic E-state index is 0.656. The molecule has 2 unspecified atom stereocenters. The van der Waals surface area contributed by atoms with Gasteiger partial charge in [-0.25, -0.2) is 0 Å². The van der Waals surface area contributed by atoms with Crippen molar-refractivity contribution < 1.29 is 9.53 Å². The van der Waals surface area contributed by atoms with Gasteiger partial charge in [-0.15, -0.1) is 0 Å². The fourth-order valence-corrected chi connectivity index (χ4v) is 1.85.